The van der Waals surface area contributed by atoms with Gasteiger partial charge in [0.05, 0.1) is 24.5 Å². The molecule has 6 heteroatoms. The summed E-state index contributed by atoms with van der Waals surface area (Å²) in [6, 6.07) is 13.9. The normalized spacial score (nSPS) is 10.8. The lowest BCUT2D eigenvalue weighted by atomic mass is 10.1. The predicted octanol–water partition coefficient (Wildman–Crippen LogP) is 3.64. The first-order chi connectivity index (χ1) is 12.3. The van der Waals surface area contributed by atoms with Crippen LogP contribution in [0.15, 0.2) is 61.2 Å². The number of ether oxygens (including phenoxy) is 1. The Hall–Kier alpha value is -3.41. The molecular weight excluding hydrogens is 314 g/mol. The van der Waals surface area contributed by atoms with E-state index >= 15 is 0 Å². The van der Waals surface area contributed by atoms with Gasteiger partial charge in [-0.25, -0.2) is 9.97 Å². The Kier molecular flexibility index (Phi) is 4.00. The zero-order valence-corrected chi connectivity index (χ0v) is 13.7. The van der Waals surface area contributed by atoms with Crippen molar-refractivity contribution in [2.24, 2.45) is 0 Å². The third kappa shape index (κ3) is 3.14. The average molecular weight is 331 g/mol. The minimum atomic E-state index is 0.650. The van der Waals surface area contributed by atoms with Gasteiger partial charge in [-0.05, 0) is 42.0 Å². The maximum absolute atomic E-state index is 5.21. The molecule has 2 heterocycles. The summed E-state index contributed by atoms with van der Waals surface area (Å²) in [5.41, 5.74) is 4.92. The average Bonchev–Trinajstić information content (AvgIpc) is 3.14. The minimum absolute atomic E-state index is 0.650. The first-order valence-corrected chi connectivity index (χ1v) is 7.95. The van der Waals surface area contributed by atoms with Crippen molar-refractivity contribution in [2.45, 2.75) is 6.54 Å². The van der Waals surface area contributed by atoms with Crippen molar-refractivity contribution in [1.82, 2.24) is 19.9 Å². The van der Waals surface area contributed by atoms with Gasteiger partial charge in [0.1, 0.15) is 11.4 Å². The van der Waals surface area contributed by atoms with E-state index in [9.17, 15) is 0 Å². The number of hydrogen-bond acceptors (Lipinski definition) is 5. The molecule has 0 bridgehead atoms. The third-order valence-electron chi connectivity index (χ3n) is 4.01. The SMILES string of the molecule is COc1ccc(-c2nccnc2NCc2ccc3nc[nH]c3c2)cc1. The highest BCUT2D eigenvalue weighted by atomic mass is 16.5. The quantitative estimate of drug-likeness (QED) is 0.584. The van der Waals surface area contributed by atoms with Crippen LogP contribution in [0.4, 0.5) is 5.82 Å². The molecule has 0 spiro atoms. The van der Waals surface area contributed by atoms with Crippen molar-refractivity contribution >= 4 is 16.9 Å². The van der Waals surface area contributed by atoms with Crippen molar-refractivity contribution in [3.8, 4) is 17.0 Å². The monoisotopic (exact) mass is 331 g/mol. The van der Waals surface area contributed by atoms with Gasteiger partial charge in [-0.1, -0.05) is 6.07 Å². The number of imidazole rings is 1. The second-order valence-electron chi connectivity index (χ2n) is 5.59. The molecule has 4 rings (SSSR count). The molecule has 2 aromatic heterocycles. The highest BCUT2D eigenvalue weighted by Gasteiger charge is 2.08. The highest BCUT2D eigenvalue weighted by molar-refractivity contribution is 5.75. The number of anilines is 1. The molecule has 6 nitrogen and oxygen atoms in total. The van der Waals surface area contributed by atoms with Crippen LogP contribution in [0.1, 0.15) is 5.56 Å². The zero-order chi connectivity index (χ0) is 17.1. The van der Waals surface area contributed by atoms with Crippen LogP contribution in [-0.2, 0) is 6.54 Å². The Morgan fingerprint density at radius 3 is 2.68 bits per heavy atom. The van der Waals surface area contributed by atoms with Gasteiger partial charge in [0.25, 0.3) is 0 Å². The number of methoxy groups -OCH3 is 1. The lowest BCUT2D eigenvalue weighted by molar-refractivity contribution is 0.415. The second-order valence-corrected chi connectivity index (χ2v) is 5.59. The molecular formula is C19H17N5O. The summed E-state index contributed by atoms with van der Waals surface area (Å²) in [5, 5.41) is 3.37. The summed E-state index contributed by atoms with van der Waals surface area (Å²) in [5.74, 6) is 1.56. The second kappa shape index (κ2) is 6.60. The Balaban J connectivity index is 1.57. The number of benzene rings is 2. The summed E-state index contributed by atoms with van der Waals surface area (Å²) in [4.78, 5) is 16.3. The molecule has 0 aliphatic rings. The van der Waals surface area contributed by atoms with E-state index in [-0.39, 0.29) is 0 Å². The third-order valence-corrected chi connectivity index (χ3v) is 4.01. The van der Waals surface area contributed by atoms with E-state index in [4.69, 9.17) is 4.74 Å². The summed E-state index contributed by atoms with van der Waals surface area (Å²) in [6.45, 7) is 0.650. The van der Waals surface area contributed by atoms with Crippen molar-refractivity contribution < 1.29 is 4.74 Å². The molecule has 124 valence electrons. The van der Waals surface area contributed by atoms with Gasteiger partial charge < -0.3 is 15.0 Å². The van der Waals surface area contributed by atoms with Crippen molar-refractivity contribution in [2.75, 3.05) is 12.4 Å². The van der Waals surface area contributed by atoms with Crippen molar-refractivity contribution in [1.29, 1.82) is 0 Å². The molecule has 0 saturated carbocycles. The molecule has 2 N–H and O–H groups in total. The van der Waals surface area contributed by atoms with Crippen LogP contribution in [0.3, 0.4) is 0 Å². The van der Waals surface area contributed by atoms with Crippen LogP contribution in [0.2, 0.25) is 0 Å². The molecule has 0 fully saturated rings. The molecule has 25 heavy (non-hydrogen) atoms. The minimum Gasteiger partial charge on any atom is -0.497 e. The number of fused-ring (bicyclic) bond motifs is 1. The number of hydrogen-bond donors (Lipinski definition) is 2. The molecule has 0 aliphatic heterocycles. The van der Waals surface area contributed by atoms with Gasteiger partial charge in [0, 0.05) is 24.5 Å². The van der Waals surface area contributed by atoms with Gasteiger partial charge in [0.15, 0.2) is 5.82 Å². The van der Waals surface area contributed by atoms with E-state index < -0.39 is 0 Å². The number of nitrogens with zero attached hydrogens (tertiary/aromatic N) is 3. The lowest BCUT2D eigenvalue weighted by Crippen LogP contribution is -2.04. The van der Waals surface area contributed by atoms with Gasteiger partial charge >= 0.3 is 0 Å². The molecule has 0 atom stereocenters. The number of aromatic amines is 1. The zero-order valence-electron chi connectivity index (χ0n) is 13.7. The Morgan fingerprint density at radius 2 is 1.84 bits per heavy atom. The standard InChI is InChI=1S/C19H17N5O/c1-25-15-5-3-14(4-6-15)18-19(21-9-8-20-18)22-11-13-2-7-16-17(10-13)24-12-23-16/h2-10,12H,11H2,1H3,(H,21,22)(H,23,24). The molecule has 0 aliphatic carbocycles. The molecule has 0 saturated heterocycles. The molecule has 0 unspecified atom stereocenters. The fourth-order valence-electron chi connectivity index (χ4n) is 2.71. The van der Waals surface area contributed by atoms with Gasteiger partial charge in [-0.15, -0.1) is 0 Å². The van der Waals surface area contributed by atoms with Gasteiger partial charge in [-0.2, -0.15) is 0 Å². The number of aromatic nitrogens is 4. The number of nitrogens with one attached hydrogen (secondary N) is 2. The molecule has 2 aromatic carbocycles. The molecule has 0 amide bonds. The predicted molar refractivity (Wildman–Crippen MR) is 97.4 cm³/mol. The van der Waals surface area contributed by atoms with E-state index in [2.05, 4.69) is 37.4 Å². The van der Waals surface area contributed by atoms with Crippen LogP contribution in [0.5, 0.6) is 5.75 Å². The van der Waals surface area contributed by atoms with Crippen molar-refractivity contribution in [3.63, 3.8) is 0 Å². The highest BCUT2D eigenvalue weighted by Crippen LogP contribution is 2.26. The number of H-pyrrole nitrogens is 1. The topological polar surface area (TPSA) is 75.7 Å². The van der Waals surface area contributed by atoms with Crippen LogP contribution in [0.25, 0.3) is 22.3 Å². The first-order valence-electron chi connectivity index (χ1n) is 7.95. The largest absolute Gasteiger partial charge is 0.497 e. The van der Waals surface area contributed by atoms with Gasteiger partial charge in [-0.3, -0.25) is 4.98 Å². The van der Waals surface area contributed by atoms with E-state index in [1.807, 2.05) is 30.3 Å². The van der Waals surface area contributed by atoms with Crippen LogP contribution < -0.4 is 10.1 Å². The van der Waals surface area contributed by atoms with E-state index in [0.717, 1.165) is 39.4 Å². The van der Waals surface area contributed by atoms with Crippen LogP contribution in [-0.4, -0.2) is 27.0 Å². The van der Waals surface area contributed by atoms with E-state index in [1.165, 1.54) is 0 Å². The fraction of sp³-hybridized carbons (Fsp3) is 0.105. The van der Waals surface area contributed by atoms with E-state index in [1.54, 1.807) is 25.8 Å². The Morgan fingerprint density at radius 1 is 1.00 bits per heavy atom. The smallest absolute Gasteiger partial charge is 0.152 e. The lowest BCUT2D eigenvalue weighted by Gasteiger charge is -2.10. The first kappa shape index (κ1) is 15.1. The van der Waals surface area contributed by atoms with Crippen LogP contribution in [0, 0.1) is 0 Å². The molecule has 0 radical (unpaired) electrons. The summed E-state index contributed by atoms with van der Waals surface area (Å²) >= 11 is 0. The Bertz CT molecular complexity index is 994. The Labute approximate surface area is 144 Å². The van der Waals surface area contributed by atoms with Gasteiger partial charge in [0.2, 0.25) is 0 Å². The van der Waals surface area contributed by atoms with Crippen LogP contribution >= 0.6 is 0 Å². The number of rotatable bonds is 5. The summed E-state index contributed by atoms with van der Waals surface area (Å²) < 4.78 is 5.21. The fourth-order valence-corrected chi connectivity index (χ4v) is 2.71. The summed E-state index contributed by atoms with van der Waals surface area (Å²) in [6.07, 6.45) is 5.08. The van der Waals surface area contributed by atoms with Crippen molar-refractivity contribution in [3.05, 3.63) is 66.7 Å². The summed E-state index contributed by atoms with van der Waals surface area (Å²) in [7, 11) is 1.65. The van der Waals surface area contributed by atoms with E-state index in [0.29, 0.717) is 6.54 Å². The maximum Gasteiger partial charge on any atom is 0.152 e. The maximum atomic E-state index is 5.21. The molecule has 4 aromatic rings.